The van der Waals surface area contributed by atoms with Crippen LogP contribution in [0.25, 0.3) is 22.0 Å². The Hall–Kier alpha value is -3.22. The van der Waals surface area contributed by atoms with Gasteiger partial charge in [-0.05, 0) is 42.3 Å². The first kappa shape index (κ1) is 26.8. The van der Waals surface area contributed by atoms with E-state index in [2.05, 4.69) is 86.7 Å². The van der Waals surface area contributed by atoms with Crippen LogP contribution in [0.3, 0.4) is 0 Å². The zero-order valence-corrected chi connectivity index (χ0v) is 23.8. The highest BCUT2D eigenvalue weighted by Crippen LogP contribution is 2.53. The fourth-order valence-electron chi connectivity index (χ4n) is 3.94. The minimum atomic E-state index is -1.24. The number of aromatic nitrogens is 1. The molecule has 0 N–H and O–H groups in total. The van der Waals surface area contributed by atoms with Gasteiger partial charge in [-0.1, -0.05) is 51.1 Å². The number of benzene rings is 3. The van der Waals surface area contributed by atoms with Crippen molar-refractivity contribution in [3.8, 4) is 22.6 Å². The first-order chi connectivity index (χ1) is 17.6. The van der Waals surface area contributed by atoms with E-state index in [0.717, 1.165) is 44.9 Å². The number of hydrogen-bond donors (Lipinski definition) is 0. The van der Waals surface area contributed by atoms with Crippen molar-refractivity contribution in [3.63, 3.8) is 0 Å². The second kappa shape index (κ2) is 11.0. The number of hydrogen-bond acceptors (Lipinski definition) is 5. The van der Waals surface area contributed by atoms with Crippen LogP contribution < -0.4 is 14.4 Å². The maximum absolute atomic E-state index is 6.51. The normalized spacial score (nSPS) is 12.4. The van der Waals surface area contributed by atoms with Crippen molar-refractivity contribution in [2.45, 2.75) is 25.5 Å². The molecule has 5 nitrogen and oxygen atoms in total. The van der Waals surface area contributed by atoms with Gasteiger partial charge in [0.2, 0.25) is 0 Å². The number of fused-ring (bicyclic) bond motifs is 1. The summed E-state index contributed by atoms with van der Waals surface area (Å²) in [5.41, 5.74) is 5.24. The summed E-state index contributed by atoms with van der Waals surface area (Å²) in [6, 6.07) is 24.9. The fraction of sp³-hybridized carbons (Fsp3) is 0.323. The molecule has 0 saturated carbocycles. The highest BCUT2D eigenvalue weighted by Gasteiger charge is 2.29. The lowest BCUT2D eigenvalue weighted by Gasteiger charge is -2.44. The zero-order chi connectivity index (χ0) is 26.6. The molecule has 0 saturated heterocycles. The molecule has 1 aromatic heterocycles. The molecule has 4 rings (SSSR count). The number of nitrogens with zero attached hydrogens (tertiary/aromatic N) is 2. The molecule has 0 radical (unpaired) electrons. The molecular weight excluding hydrogens is 480 g/mol. The molecule has 0 spiro atoms. The number of ether oxygens (including phenoxy) is 2. The molecule has 0 amide bonds. The summed E-state index contributed by atoms with van der Waals surface area (Å²) in [5.74, 6) is 1.49. The molecule has 0 fully saturated rings. The van der Waals surface area contributed by atoms with Crippen LogP contribution in [0.1, 0.15) is 20.8 Å². The lowest BCUT2D eigenvalue weighted by atomic mass is 10.0. The number of methoxy groups -OCH3 is 2. The second-order valence-corrected chi connectivity index (χ2v) is 14.3. The number of pyridine rings is 1. The van der Waals surface area contributed by atoms with E-state index in [0.29, 0.717) is 13.2 Å². The van der Waals surface area contributed by atoms with E-state index in [4.69, 9.17) is 18.6 Å². The van der Waals surface area contributed by atoms with E-state index >= 15 is 0 Å². The van der Waals surface area contributed by atoms with E-state index in [1.165, 1.54) is 0 Å². The molecule has 6 heteroatoms. The second-order valence-electron chi connectivity index (χ2n) is 10.4. The van der Waals surface area contributed by atoms with Gasteiger partial charge in [-0.25, -0.2) is 0 Å². The SMILES string of the molecule is COc1cc(OC)cc(N(CCOS(C)(C)C(C)(C)C)c2ccc3ncc(-c4ccccc4)cc3c2)c1. The smallest absolute Gasteiger partial charge is 0.124 e. The molecule has 4 aromatic rings. The van der Waals surface area contributed by atoms with Gasteiger partial charge in [0.25, 0.3) is 0 Å². The lowest BCUT2D eigenvalue weighted by molar-refractivity contribution is 0.359. The molecule has 0 aliphatic carbocycles. The Morgan fingerprint density at radius 2 is 1.46 bits per heavy atom. The van der Waals surface area contributed by atoms with Crippen LogP contribution in [0, 0.1) is 0 Å². The summed E-state index contributed by atoms with van der Waals surface area (Å²) in [5, 5.41) is 1.08. The van der Waals surface area contributed by atoms with Gasteiger partial charge in [-0.3, -0.25) is 4.98 Å². The van der Waals surface area contributed by atoms with Crippen LogP contribution in [0.15, 0.2) is 79.0 Å². The standard InChI is InChI=1S/C31H38N2O3S/c1-31(2,3)37(6,7)36-16-15-33(27-19-28(34-4)21-29(20-27)35-5)26-13-14-30-24(18-26)17-25(22-32-30)23-11-9-8-10-12-23/h8-14,17-22H,15-16H2,1-7H3. The number of rotatable bonds is 9. The zero-order valence-electron chi connectivity index (χ0n) is 22.9. The van der Waals surface area contributed by atoms with Gasteiger partial charge in [0.05, 0.1) is 26.3 Å². The minimum absolute atomic E-state index is 0.0967. The number of anilines is 2. The maximum atomic E-state index is 6.51. The van der Waals surface area contributed by atoms with Gasteiger partial charge in [-0.2, -0.15) is 0 Å². The molecule has 0 unspecified atom stereocenters. The van der Waals surface area contributed by atoms with Crippen LogP contribution in [0.2, 0.25) is 0 Å². The van der Waals surface area contributed by atoms with Gasteiger partial charge >= 0.3 is 0 Å². The molecule has 1 heterocycles. The van der Waals surface area contributed by atoms with Gasteiger partial charge in [-0.15, -0.1) is 10.3 Å². The van der Waals surface area contributed by atoms with Crippen LogP contribution in [-0.2, 0) is 4.18 Å². The van der Waals surface area contributed by atoms with Crippen molar-refractivity contribution < 1.29 is 13.7 Å². The molecule has 0 atom stereocenters. The quantitative estimate of drug-likeness (QED) is 0.226. The highest BCUT2D eigenvalue weighted by molar-refractivity contribution is 8.29. The molecular formula is C31H38N2O3S. The van der Waals surface area contributed by atoms with Crippen LogP contribution in [-0.4, -0.2) is 49.6 Å². The monoisotopic (exact) mass is 518 g/mol. The van der Waals surface area contributed by atoms with Crippen molar-refractivity contribution in [2.75, 3.05) is 44.8 Å². The maximum Gasteiger partial charge on any atom is 0.124 e. The van der Waals surface area contributed by atoms with E-state index in [1.54, 1.807) is 14.2 Å². The highest BCUT2D eigenvalue weighted by atomic mass is 32.3. The Balaban J connectivity index is 1.74. The van der Waals surface area contributed by atoms with Crippen molar-refractivity contribution in [1.29, 1.82) is 0 Å². The predicted octanol–water partition coefficient (Wildman–Crippen LogP) is 7.85. The third kappa shape index (κ3) is 6.20. The molecule has 37 heavy (non-hydrogen) atoms. The first-order valence-electron chi connectivity index (χ1n) is 12.4. The Morgan fingerprint density at radius 1 is 0.784 bits per heavy atom. The Morgan fingerprint density at radius 3 is 2.08 bits per heavy atom. The molecule has 0 bridgehead atoms. The van der Waals surface area contributed by atoms with Crippen molar-refractivity contribution in [1.82, 2.24) is 4.98 Å². The van der Waals surface area contributed by atoms with Crippen molar-refractivity contribution in [2.24, 2.45) is 0 Å². The summed E-state index contributed by atoms with van der Waals surface area (Å²) in [7, 11) is 2.11. The lowest BCUT2D eigenvalue weighted by Crippen LogP contribution is -2.29. The minimum Gasteiger partial charge on any atom is -0.497 e. The summed E-state index contributed by atoms with van der Waals surface area (Å²) in [4.78, 5) is 6.99. The largest absolute Gasteiger partial charge is 0.497 e. The topological polar surface area (TPSA) is 43.8 Å². The molecule has 3 aromatic carbocycles. The van der Waals surface area contributed by atoms with Crippen LogP contribution >= 0.6 is 10.3 Å². The van der Waals surface area contributed by atoms with Gasteiger partial charge in [0, 0.05) is 58.0 Å². The van der Waals surface area contributed by atoms with E-state index < -0.39 is 10.3 Å². The van der Waals surface area contributed by atoms with Crippen molar-refractivity contribution >= 4 is 32.6 Å². The van der Waals surface area contributed by atoms with Crippen LogP contribution in [0.5, 0.6) is 11.5 Å². The molecule has 196 valence electrons. The first-order valence-corrected chi connectivity index (χ1v) is 14.8. The Bertz CT molecular complexity index is 1330. The summed E-state index contributed by atoms with van der Waals surface area (Å²) >= 11 is 0. The van der Waals surface area contributed by atoms with E-state index in [-0.39, 0.29) is 4.75 Å². The van der Waals surface area contributed by atoms with Gasteiger partial charge in [0.1, 0.15) is 11.5 Å². The van der Waals surface area contributed by atoms with E-state index in [1.807, 2.05) is 30.5 Å². The third-order valence-electron chi connectivity index (χ3n) is 6.90. The van der Waals surface area contributed by atoms with Crippen LogP contribution in [0.4, 0.5) is 11.4 Å². The van der Waals surface area contributed by atoms with Gasteiger partial charge < -0.3 is 18.6 Å². The molecule has 0 aliphatic heterocycles. The Labute approximate surface area is 222 Å². The van der Waals surface area contributed by atoms with Crippen molar-refractivity contribution in [3.05, 3.63) is 79.0 Å². The average molecular weight is 519 g/mol. The third-order valence-corrected chi connectivity index (χ3v) is 10.6. The van der Waals surface area contributed by atoms with Gasteiger partial charge in [0.15, 0.2) is 0 Å². The Kier molecular flexibility index (Phi) is 8.00. The summed E-state index contributed by atoms with van der Waals surface area (Å²) < 4.78 is 17.8. The van der Waals surface area contributed by atoms with E-state index in [9.17, 15) is 0 Å². The summed E-state index contributed by atoms with van der Waals surface area (Å²) in [6.45, 7) is 8.01. The average Bonchev–Trinajstić information content (AvgIpc) is 2.90. The fourth-order valence-corrected chi connectivity index (χ4v) is 4.79. The predicted molar refractivity (Wildman–Crippen MR) is 159 cm³/mol. The molecule has 0 aliphatic rings. The summed E-state index contributed by atoms with van der Waals surface area (Å²) in [6.07, 6.45) is 6.41.